The predicted octanol–water partition coefficient (Wildman–Crippen LogP) is 2.26. The molecule has 0 amide bonds. The average molecular weight is 254 g/mol. The van der Waals surface area contributed by atoms with Gasteiger partial charge in [0.15, 0.2) is 0 Å². The highest BCUT2D eigenvalue weighted by Gasteiger charge is 2.33. The zero-order chi connectivity index (χ0) is 13.2. The lowest BCUT2D eigenvalue weighted by Crippen LogP contribution is -2.53. The molecule has 2 aliphatic rings. The monoisotopic (exact) mass is 254 g/mol. The lowest BCUT2D eigenvalue weighted by Gasteiger charge is -2.43. The number of hydrogen-bond donors (Lipinski definition) is 1. The molecule has 0 aromatic heterocycles. The maximum absolute atomic E-state index is 5.89. The number of rotatable bonds is 3. The maximum Gasteiger partial charge on any atom is 0.0852 e. The average Bonchev–Trinajstić information content (AvgIpc) is 2.38. The van der Waals surface area contributed by atoms with Crippen LogP contribution < -0.4 is 5.32 Å². The van der Waals surface area contributed by atoms with Gasteiger partial charge in [-0.2, -0.15) is 0 Å². The Labute approximate surface area is 112 Å². The van der Waals surface area contributed by atoms with Crippen molar-refractivity contribution in [3.8, 4) is 0 Å². The van der Waals surface area contributed by atoms with Crippen LogP contribution in [-0.2, 0) is 4.74 Å². The van der Waals surface area contributed by atoms with Gasteiger partial charge >= 0.3 is 0 Å². The Morgan fingerprint density at radius 2 is 1.94 bits per heavy atom. The smallest absolute Gasteiger partial charge is 0.0852 e. The first-order valence-electron chi connectivity index (χ1n) is 7.54. The molecule has 0 aromatic rings. The summed E-state index contributed by atoms with van der Waals surface area (Å²) in [6, 6.07) is 1.27. The molecular weight excluding hydrogens is 224 g/mol. The number of hydrogen-bond acceptors (Lipinski definition) is 3. The van der Waals surface area contributed by atoms with Crippen LogP contribution in [0.4, 0.5) is 0 Å². The van der Waals surface area contributed by atoms with Gasteiger partial charge in [-0.25, -0.2) is 0 Å². The van der Waals surface area contributed by atoms with Gasteiger partial charge < -0.3 is 10.1 Å². The van der Waals surface area contributed by atoms with Gasteiger partial charge in [0.1, 0.15) is 0 Å². The number of nitrogens with one attached hydrogen (secondary N) is 1. The highest BCUT2D eigenvalue weighted by molar-refractivity contribution is 4.87. The highest BCUT2D eigenvalue weighted by Crippen LogP contribution is 2.37. The quantitative estimate of drug-likeness (QED) is 0.836. The normalized spacial score (nSPS) is 31.5. The summed E-state index contributed by atoms with van der Waals surface area (Å²) < 4.78 is 5.89. The molecule has 0 radical (unpaired) electrons. The highest BCUT2D eigenvalue weighted by atomic mass is 16.5. The van der Waals surface area contributed by atoms with E-state index in [1.165, 1.54) is 25.7 Å². The fourth-order valence-electron chi connectivity index (χ4n) is 3.28. The largest absolute Gasteiger partial charge is 0.374 e. The molecule has 1 aliphatic carbocycles. The van der Waals surface area contributed by atoms with E-state index in [2.05, 4.69) is 38.0 Å². The Kier molecular flexibility index (Phi) is 4.68. The van der Waals surface area contributed by atoms with E-state index < -0.39 is 0 Å². The second-order valence-corrected chi connectivity index (χ2v) is 6.91. The summed E-state index contributed by atoms with van der Waals surface area (Å²) in [5.74, 6) is 0. The molecular formula is C15H30N2O. The molecule has 1 saturated heterocycles. The fourth-order valence-corrected chi connectivity index (χ4v) is 3.28. The van der Waals surface area contributed by atoms with Gasteiger partial charge in [0.05, 0.1) is 12.7 Å². The van der Waals surface area contributed by atoms with Crippen molar-refractivity contribution in [1.29, 1.82) is 0 Å². The lowest BCUT2D eigenvalue weighted by molar-refractivity contribution is -0.0368. The molecule has 1 aliphatic heterocycles. The van der Waals surface area contributed by atoms with Crippen molar-refractivity contribution in [2.45, 2.75) is 64.6 Å². The first-order valence-corrected chi connectivity index (χ1v) is 7.54. The van der Waals surface area contributed by atoms with Gasteiger partial charge in [-0.1, -0.05) is 13.8 Å². The van der Waals surface area contributed by atoms with Crippen molar-refractivity contribution in [2.75, 3.05) is 26.7 Å². The van der Waals surface area contributed by atoms with E-state index in [1.807, 2.05) is 0 Å². The van der Waals surface area contributed by atoms with Gasteiger partial charge in [0.25, 0.3) is 0 Å². The molecule has 106 valence electrons. The lowest BCUT2D eigenvalue weighted by atomic mass is 9.75. The third kappa shape index (κ3) is 3.46. The van der Waals surface area contributed by atoms with Crippen LogP contribution in [0, 0.1) is 5.41 Å². The molecule has 1 saturated carbocycles. The molecule has 3 heteroatoms. The summed E-state index contributed by atoms with van der Waals surface area (Å²) in [4.78, 5) is 2.56. The van der Waals surface area contributed by atoms with E-state index in [4.69, 9.17) is 4.74 Å². The van der Waals surface area contributed by atoms with Gasteiger partial charge in [-0.3, -0.25) is 4.90 Å². The Hall–Kier alpha value is -0.120. The van der Waals surface area contributed by atoms with Gasteiger partial charge in [-0.05, 0) is 45.1 Å². The van der Waals surface area contributed by atoms with Crippen LogP contribution in [0.3, 0.4) is 0 Å². The zero-order valence-corrected chi connectivity index (χ0v) is 12.5. The second-order valence-electron chi connectivity index (χ2n) is 6.91. The number of morpholine rings is 1. The minimum atomic E-state index is 0.360. The summed E-state index contributed by atoms with van der Waals surface area (Å²) in [6.07, 6.45) is 5.76. The van der Waals surface area contributed by atoms with E-state index in [1.54, 1.807) is 0 Å². The van der Waals surface area contributed by atoms with Gasteiger partial charge in [0.2, 0.25) is 0 Å². The zero-order valence-electron chi connectivity index (χ0n) is 12.5. The summed E-state index contributed by atoms with van der Waals surface area (Å²) in [7, 11) is 2.28. The van der Waals surface area contributed by atoms with Gasteiger partial charge in [-0.15, -0.1) is 0 Å². The Morgan fingerprint density at radius 1 is 1.28 bits per heavy atom. The Morgan fingerprint density at radius 3 is 2.50 bits per heavy atom. The van der Waals surface area contributed by atoms with Crippen molar-refractivity contribution in [3.63, 3.8) is 0 Å². The van der Waals surface area contributed by atoms with Crippen molar-refractivity contribution in [1.82, 2.24) is 10.2 Å². The molecule has 3 nitrogen and oxygen atoms in total. The van der Waals surface area contributed by atoms with Crippen LogP contribution in [0.5, 0.6) is 0 Å². The first kappa shape index (κ1) is 14.3. The van der Waals surface area contributed by atoms with Gasteiger partial charge in [0, 0.05) is 25.2 Å². The minimum absolute atomic E-state index is 0.360. The van der Waals surface area contributed by atoms with Crippen molar-refractivity contribution in [2.24, 2.45) is 5.41 Å². The summed E-state index contributed by atoms with van der Waals surface area (Å²) in [5.41, 5.74) is 0.559. The minimum Gasteiger partial charge on any atom is -0.374 e. The summed E-state index contributed by atoms with van der Waals surface area (Å²) in [5, 5.41) is 3.43. The second kappa shape index (κ2) is 5.89. The number of nitrogens with zero attached hydrogens (tertiary/aromatic N) is 1. The Balaban J connectivity index is 1.84. The molecule has 1 N–H and O–H groups in total. The number of ether oxygens (including phenoxy) is 1. The third-order valence-corrected chi connectivity index (χ3v) is 5.02. The maximum atomic E-state index is 5.89. The fraction of sp³-hybridized carbons (Fsp3) is 1.00. The van der Waals surface area contributed by atoms with Crippen LogP contribution in [0.2, 0.25) is 0 Å². The molecule has 2 unspecified atom stereocenters. The SMILES string of the molecule is CC(C1CNCCO1)N(C)C1CCC(C)(C)CC1. The molecule has 1 heterocycles. The van der Waals surface area contributed by atoms with Crippen molar-refractivity contribution in [3.05, 3.63) is 0 Å². The summed E-state index contributed by atoms with van der Waals surface area (Å²) in [6.45, 7) is 9.99. The third-order valence-electron chi connectivity index (χ3n) is 5.02. The first-order chi connectivity index (χ1) is 8.49. The molecule has 0 aromatic carbocycles. The van der Waals surface area contributed by atoms with Crippen LogP contribution in [0.1, 0.15) is 46.5 Å². The van der Waals surface area contributed by atoms with Crippen molar-refractivity contribution >= 4 is 0 Å². The molecule has 2 atom stereocenters. The topological polar surface area (TPSA) is 24.5 Å². The molecule has 18 heavy (non-hydrogen) atoms. The molecule has 2 rings (SSSR count). The molecule has 2 fully saturated rings. The van der Waals surface area contributed by atoms with Crippen LogP contribution >= 0.6 is 0 Å². The molecule has 0 spiro atoms. The standard InChI is InChI=1S/C15H30N2O/c1-12(14-11-16-9-10-18-14)17(4)13-5-7-15(2,3)8-6-13/h12-14,16H,5-11H2,1-4H3. The van der Waals surface area contributed by atoms with E-state index in [0.717, 1.165) is 25.7 Å². The van der Waals surface area contributed by atoms with Crippen LogP contribution in [-0.4, -0.2) is 49.8 Å². The summed E-state index contributed by atoms with van der Waals surface area (Å²) >= 11 is 0. The van der Waals surface area contributed by atoms with E-state index in [9.17, 15) is 0 Å². The van der Waals surface area contributed by atoms with E-state index in [-0.39, 0.29) is 0 Å². The van der Waals surface area contributed by atoms with E-state index in [0.29, 0.717) is 17.6 Å². The predicted molar refractivity (Wildman–Crippen MR) is 75.9 cm³/mol. The number of likely N-dealkylation sites (N-methyl/N-ethyl adjacent to an activating group) is 1. The van der Waals surface area contributed by atoms with Crippen molar-refractivity contribution < 1.29 is 4.74 Å². The molecule has 0 bridgehead atoms. The van der Waals surface area contributed by atoms with E-state index >= 15 is 0 Å². The van der Waals surface area contributed by atoms with Crippen LogP contribution in [0.15, 0.2) is 0 Å². The van der Waals surface area contributed by atoms with Crippen LogP contribution in [0.25, 0.3) is 0 Å². The Bertz CT molecular complexity index is 251.